The van der Waals surface area contributed by atoms with Gasteiger partial charge < -0.3 is 5.11 Å². The molecule has 0 aliphatic rings. The van der Waals surface area contributed by atoms with Gasteiger partial charge in [0, 0.05) is 0 Å². The van der Waals surface area contributed by atoms with Crippen LogP contribution < -0.4 is 0 Å². The van der Waals surface area contributed by atoms with Gasteiger partial charge in [0.2, 0.25) is 0 Å². The fraction of sp³-hybridized carbons (Fsp3) is 0.263. The highest BCUT2D eigenvalue weighted by Crippen LogP contribution is 2.22. The van der Waals surface area contributed by atoms with Crippen LogP contribution in [0.4, 0.5) is 0 Å². The molecule has 2 aromatic carbocycles. The van der Waals surface area contributed by atoms with Gasteiger partial charge in [0.15, 0.2) is 0 Å². The lowest BCUT2D eigenvalue weighted by molar-refractivity contribution is 0.177. The SMILES string of the molecule is C=C(CCCc1ccccc1)CC(O)c1ccccc1. The Kier molecular flexibility index (Phi) is 5.57. The van der Waals surface area contributed by atoms with E-state index >= 15 is 0 Å². The van der Waals surface area contributed by atoms with Crippen molar-refractivity contribution in [1.82, 2.24) is 0 Å². The molecule has 2 aromatic rings. The molecule has 1 atom stereocenters. The number of hydrogen-bond acceptors (Lipinski definition) is 1. The third kappa shape index (κ3) is 4.67. The molecule has 0 amide bonds. The van der Waals surface area contributed by atoms with E-state index in [2.05, 4.69) is 30.8 Å². The normalized spacial score (nSPS) is 12.1. The van der Waals surface area contributed by atoms with E-state index in [-0.39, 0.29) is 0 Å². The molecule has 20 heavy (non-hydrogen) atoms. The minimum atomic E-state index is -0.430. The van der Waals surface area contributed by atoms with Crippen molar-refractivity contribution in [3.05, 3.63) is 83.9 Å². The summed E-state index contributed by atoms with van der Waals surface area (Å²) in [7, 11) is 0. The van der Waals surface area contributed by atoms with Crippen LogP contribution in [0.2, 0.25) is 0 Å². The van der Waals surface area contributed by atoms with Crippen LogP contribution >= 0.6 is 0 Å². The number of aliphatic hydroxyl groups is 1. The molecule has 0 radical (unpaired) electrons. The van der Waals surface area contributed by atoms with Crippen LogP contribution in [0.5, 0.6) is 0 Å². The standard InChI is InChI=1S/C19H22O/c1-16(9-8-12-17-10-4-2-5-11-17)15-19(20)18-13-6-3-7-14-18/h2-7,10-11,13-14,19-20H,1,8-9,12,15H2. The Balaban J connectivity index is 1.73. The first-order chi connectivity index (χ1) is 9.75. The van der Waals surface area contributed by atoms with Gasteiger partial charge in [-0.2, -0.15) is 0 Å². The largest absolute Gasteiger partial charge is 0.388 e. The lowest BCUT2D eigenvalue weighted by Crippen LogP contribution is -1.99. The van der Waals surface area contributed by atoms with E-state index in [1.807, 2.05) is 36.4 Å². The molecule has 0 saturated carbocycles. The van der Waals surface area contributed by atoms with Crippen LogP contribution in [0, 0.1) is 0 Å². The highest BCUT2D eigenvalue weighted by molar-refractivity contribution is 5.19. The molecule has 0 aliphatic carbocycles. The molecule has 0 fully saturated rings. The number of hydrogen-bond donors (Lipinski definition) is 1. The topological polar surface area (TPSA) is 20.2 Å². The van der Waals surface area contributed by atoms with Crippen LogP contribution in [0.15, 0.2) is 72.8 Å². The smallest absolute Gasteiger partial charge is 0.0827 e. The highest BCUT2D eigenvalue weighted by atomic mass is 16.3. The highest BCUT2D eigenvalue weighted by Gasteiger charge is 2.08. The third-order valence-electron chi connectivity index (χ3n) is 3.50. The zero-order valence-corrected chi connectivity index (χ0v) is 11.8. The first-order valence-electron chi connectivity index (χ1n) is 7.19. The van der Waals surface area contributed by atoms with Crippen molar-refractivity contribution in [2.45, 2.75) is 31.8 Å². The number of aliphatic hydroxyl groups excluding tert-OH is 1. The average molecular weight is 266 g/mol. The van der Waals surface area contributed by atoms with Gasteiger partial charge in [-0.15, -0.1) is 0 Å². The maximum Gasteiger partial charge on any atom is 0.0827 e. The zero-order chi connectivity index (χ0) is 14.2. The Labute approximate surface area is 121 Å². The van der Waals surface area contributed by atoms with Crippen LogP contribution in [-0.2, 0) is 6.42 Å². The zero-order valence-electron chi connectivity index (χ0n) is 11.8. The van der Waals surface area contributed by atoms with Gasteiger partial charge in [-0.1, -0.05) is 72.8 Å². The summed E-state index contributed by atoms with van der Waals surface area (Å²) in [5.41, 5.74) is 3.46. The van der Waals surface area contributed by atoms with Crippen LogP contribution in [0.25, 0.3) is 0 Å². The van der Waals surface area contributed by atoms with Gasteiger partial charge in [-0.25, -0.2) is 0 Å². The number of aryl methyl sites for hydroxylation is 1. The Bertz CT molecular complexity index is 516. The summed E-state index contributed by atoms with van der Waals surface area (Å²) < 4.78 is 0. The van der Waals surface area contributed by atoms with Crippen molar-refractivity contribution in [3.63, 3.8) is 0 Å². The molecule has 1 nitrogen and oxygen atoms in total. The van der Waals surface area contributed by atoms with E-state index in [1.165, 1.54) is 5.56 Å². The monoisotopic (exact) mass is 266 g/mol. The van der Waals surface area contributed by atoms with Gasteiger partial charge in [0.05, 0.1) is 6.10 Å². The third-order valence-corrected chi connectivity index (χ3v) is 3.50. The average Bonchev–Trinajstić information content (AvgIpc) is 2.49. The lowest BCUT2D eigenvalue weighted by atomic mass is 9.98. The Morgan fingerprint density at radius 2 is 1.55 bits per heavy atom. The van der Waals surface area contributed by atoms with Crippen molar-refractivity contribution in [1.29, 1.82) is 0 Å². The Morgan fingerprint density at radius 3 is 2.20 bits per heavy atom. The molecule has 1 N–H and O–H groups in total. The van der Waals surface area contributed by atoms with Gasteiger partial charge >= 0.3 is 0 Å². The molecule has 0 aliphatic heterocycles. The molecule has 2 rings (SSSR count). The second-order valence-corrected chi connectivity index (χ2v) is 5.22. The summed E-state index contributed by atoms with van der Waals surface area (Å²) in [6.07, 6.45) is 3.35. The molecule has 1 heteroatoms. The van der Waals surface area contributed by atoms with E-state index < -0.39 is 6.10 Å². The van der Waals surface area contributed by atoms with Gasteiger partial charge in [0.1, 0.15) is 0 Å². The van der Waals surface area contributed by atoms with Crippen molar-refractivity contribution >= 4 is 0 Å². The number of rotatable bonds is 7. The summed E-state index contributed by atoms with van der Waals surface area (Å²) >= 11 is 0. The summed E-state index contributed by atoms with van der Waals surface area (Å²) in [5.74, 6) is 0. The summed E-state index contributed by atoms with van der Waals surface area (Å²) in [6.45, 7) is 4.09. The quantitative estimate of drug-likeness (QED) is 0.721. The summed E-state index contributed by atoms with van der Waals surface area (Å²) in [6, 6.07) is 20.3. The lowest BCUT2D eigenvalue weighted by Gasteiger charge is -2.13. The molecular formula is C19H22O. The predicted octanol–water partition coefficient (Wildman–Crippen LogP) is 4.69. The van der Waals surface area contributed by atoms with Crippen molar-refractivity contribution in [2.75, 3.05) is 0 Å². The second kappa shape index (κ2) is 7.66. The molecule has 0 spiro atoms. The van der Waals surface area contributed by atoms with Gasteiger partial charge in [-0.3, -0.25) is 0 Å². The molecule has 0 saturated heterocycles. The molecule has 0 aromatic heterocycles. The maximum atomic E-state index is 10.1. The summed E-state index contributed by atoms with van der Waals surface area (Å²) in [4.78, 5) is 0. The number of benzene rings is 2. The molecular weight excluding hydrogens is 244 g/mol. The van der Waals surface area contributed by atoms with Crippen molar-refractivity contribution in [2.24, 2.45) is 0 Å². The van der Waals surface area contributed by atoms with E-state index in [9.17, 15) is 5.11 Å². The first-order valence-corrected chi connectivity index (χ1v) is 7.19. The molecule has 0 bridgehead atoms. The van der Waals surface area contributed by atoms with E-state index in [0.717, 1.165) is 30.4 Å². The minimum Gasteiger partial charge on any atom is -0.388 e. The molecule has 104 valence electrons. The van der Waals surface area contributed by atoms with Crippen LogP contribution in [0.3, 0.4) is 0 Å². The fourth-order valence-electron chi connectivity index (χ4n) is 2.36. The van der Waals surface area contributed by atoms with Crippen molar-refractivity contribution < 1.29 is 5.11 Å². The Morgan fingerprint density at radius 1 is 0.950 bits per heavy atom. The molecule has 0 heterocycles. The van der Waals surface area contributed by atoms with E-state index in [0.29, 0.717) is 6.42 Å². The minimum absolute atomic E-state index is 0.430. The maximum absolute atomic E-state index is 10.1. The van der Waals surface area contributed by atoms with Crippen LogP contribution in [0.1, 0.15) is 36.5 Å². The first kappa shape index (κ1) is 14.5. The fourth-order valence-corrected chi connectivity index (χ4v) is 2.36. The van der Waals surface area contributed by atoms with E-state index in [4.69, 9.17) is 0 Å². The summed E-state index contributed by atoms with van der Waals surface area (Å²) in [5, 5.41) is 10.1. The molecule has 1 unspecified atom stereocenters. The second-order valence-electron chi connectivity index (χ2n) is 5.22. The van der Waals surface area contributed by atoms with Gasteiger partial charge in [-0.05, 0) is 36.8 Å². The van der Waals surface area contributed by atoms with Gasteiger partial charge in [0.25, 0.3) is 0 Å². The Hall–Kier alpha value is -1.86. The van der Waals surface area contributed by atoms with Crippen molar-refractivity contribution in [3.8, 4) is 0 Å². The van der Waals surface area contributed by atoms with E-state index in [1.54, 1.807) is 0 Å². The predicted molar refractivity (Wildman–Crippen MR) is 84.5 cm³/mol. The van der Waals surface area contributed by atoms with Crippen LogP contribution in [-0.4, -0.2) is 5.11 Å².